The summed E-state index contributed by atoms with van der Waals surface area (Å²) in [6, 6.07) is 6.19. The Labute approximate surface area is 159 Å². The molecule has 1 aliphatic heterocycles. The molecule has 0 bridgehead atoms. The number of hydrogen-bond donors (Lipinski definition) is 1. The van der Waals surface area contributed by atoms with Gasteiger partial charge < -0.3 is 19.3 Å². The highest BCUT2D eigenvalue weighted by atomic mass is 19.4. The predicted octanol–water partition coefficient (Wildman–Crippen LogP) is 3.82. The van der Waals surface area contributed by atoms with Crippen molar-refractivity contribution in [2.75, 3.05) is 19.7 Å². The summed E-state index contributed by atoms with van der Waals surface area (Å²) >= 11 is 0. The smallest absolute Gasteiger partial charge is 0.407 e. The van der Waals surface area contributed by atoms with Crippen molar-refractivity contribution in [3.8, 4) is 6.01 Å². The van der Waals surface area contributed by atoms with Crippen molar-refractivity contribution in [2.45, 2.75) is 37.8 Å². The van der Waals surface area contributed by atoms with E-state index in [9.17, 15) is 23.1 Å². The molecule has 7 nitrogen and oxygen atoms in total. The SMILES string of the molecule is CCOc1noc(C2CC(c3ccc(CC(F)(F)F)cc3)CN(C(=O)O)C2)n1. The molecule has 1 fully saturated rings. The van der Waals surface area contributed by atoms with Gasteiger partial charge in [0, 0.05) is 19.0 Å². The fraction of sp³-hybridized carbons (Fsp3) is 0.500. The normalized spacial score (nSPS) is 20.2. The van der Waals surface area contributed by atoms with E-state index in [0.717, 1.165) is 5.56 Å². The lowest BCUT2D eigenvalue weighted by Gasteiger charge is -2.35. The number of likely N-dealkylation sites (tertiary alicyclic amines) is 1. The second-order valence-electron chi connectivity index (χ2n) is 6.70. The minimum atomic E-state index is -4.27. The summed E-state index contributed by atoms with van der Waals surface area (Å²) < 4.78 is 48.0. The second kappa shape index (κ2) is 8.07. The number of aromatic nitrogens is 2. The number of nitrogens with zero attached hydrogens (tertiary/aromatic N) is 3. The van der Waals surface area contributed by atoms with Gasteiger partial charge in [-0.3, -0.25) is 0 Å². The Morgan fingerprint density at radius 3 is 2.57 bits per heavy atom. The predicted molar refractivity (Wildman–Crippen MR) is 91.4 cm³/mol. The molecular weight excluding hydrogens is 379 g/mol. The highest BCUT2D eigenvalue weighted by Crippen LogP contribution is 2.36. The van der Waals surface area contributed by atoms with Crippen LogP contribution in [0.15, 0.2) is 28.8 Å². The number of benzene rings is 1. The number of carbonyl (C=O) groups is 1. The van der Waals surface area contributed by atoms with Crippen molar-refractivity contribution in [1.82, 2.24) is 15.0 Å². The molecule has 2 aromatic rings. The Morgan fingerprint density at radius 1 is 1.29 bits per heavy atom. The molecule has 3 rings (SSSR count). The first kappa shape index (κ1) is 20.0. The van der Waals surface area contributed by atoms with Gasteiger partial charge in [0.1, 0.15) is 0 Å². The van der Waals surface area contributed by atoms with Crippen molar-refractivity contribution in [3.63, 3.8) is 0 Å². The van der Waals surface area contributed by atoms with Gasteiger partial charge in [0.25, 0.3) is 0 Å². The number of piperidine rings is 1. The summed E-state index contributed by atoms with van der Waals surface area (Å²) in [4.78, 5) is 16.9. The monoisotopic (exact) mass is 399 g/mol. The van der Waals surface area contributed by atoms with Crippen LogP contribution in [0.1, 0.15) is 42.2 Å². The van der Waals surface area contributed by atoms with Gasteiger partial charge in [0.15, 0.2) is 0 Å². The van der Waals surface area contributed by atoms with Gasteiger partial charge >= 0.3 is 18.3 Å². The highest BCUT2D eigenvalue weighted by Gasteiger charge is 2.35. The molecule has 2 heterocycles. The summed E-state index contributed by atoms with van der Waals surface area (Å²) in [5, 5.41) is 13.2. The largest absolute Gasteiger partial charge is 0.465 e. The van der Waals surface area contributed by atoms with E-state index in [-0.39, 0.29) is 42.4 Å². The van der Waals surface area contributed by atoms with Crippen LogP contribution in [0.25, 0.3) is 0 Å². The lowest BCUT2D eigenvalue weighted by Crippen LogP contribution is -2.41. The van der Waals surface area contributed by atoms with Crippen molar-refractivity contribution >= 4 is 6.09 Å². The van der Waals surface area contributed by atoms with E-state index in [4.69, 9.17) is 9.26 Å². The molecule has 1 aromatic carbocycles. The lowest BCUT2D eigenvalue weighted by atomic mass is 9.84. The van der Waals surface area contributed by atoms with Crippen LogP contribution < -0.4 is 4.74 Å². The van der Waals surface area contributed by atoms with Gasteiger partial charge in [0.2, 0.25) is 5.89 Å². The first-order valence-corrected chi connectivity index (χ1v) is 8.85. The van der Waals surface area contributed by atoms with Crippen LogP contribution in [0.2, 0.25) is 0 Å². The molecule has 0 spiro atoms. The first-order chi connectivity index (χ1) is 13.2. The van der Waals surface area contributed by atoms with E-state index in [1.807, 2.05) is 0 Å². The third kappa shape index (κ3) is 4.93. The van der Waals surface area contributed by atoms with Crippen molar-refractivity contribution in [3.05, 3.63) is 41.3 Å². The van der Waals surface area contributed by atoms with Crippen LogP contribution in [-0.2, 0) is 6.42 Å². The van der Waals surface area contributed by atoms with E-state index in [1.54, 1.807) is 19.1 Å². The quantitative estimate of drug-likeness (QED) is 0.822. The number of ether oxygens (including phenoxy) is 1. The zero-order valence-corrected chi connectivity index (χ0v) is 15.1. The third-order valence-corrected chi connectivity index (χ3v) is 4.62. The molecule has 1 saturated heterocycles. The number of halogens is 3. The fourth-order valence-electron chi connectivity index (χ4n) is 3.39. The molecule has 1 N–H and O–H groups in total. The second-order valence-corrected chi connectivity index (χ2v) is 6.70. The zero-order valence-electron chi connectivity index (χ0n) is 15.1. The molecule has 10 heteroatoms. The molecule has 0 saturated carbocycles. The standard InChI is InChI=1S/C18H20F3N3O4/c1-2-27-16-22-15(28-23-16)14-7-13(9-24(10-14)17(25)26)12-5-3-11(4-6-12)8-18(19,20)21/h3-6,13-14H,2,7-10H2,1H3,(H,25,26). The van der Waals surface area contributed by atoms with Gasteiger partial charge in [0.05, 0.1) is 18.9 Å². The van der Waals surface area contributed by atoms with Gasteiger partial charge in [-0.25, -0.2) is 4.79 Å². The Balaban J connectivity index is 1.78. The molecule has 0 aliphatic carbocycles. The summed E-state index contributed by atoms with van der Waals surface area (Å²) in [6.07, 6.45) is -5.80. The maximum Gasteiger partial charge on any atom is 0.407 e. The minimum Gasteiger partial charge on any atom is -0.465 e. The Bertz CT molecular complexity index is 807. The molecule has 28 heavy (non-hydrogen) atoms. The number of rotatable bonds is 5. The van der Waals surface area contributed by atoms with Gasteiger partial charge in [-0.05, 0) is 29.6 Å². The van der Waals surface area contributed by atoms with Crippen LogP contribution in [0.5, 0.6) is 6.01 Å². The fourth-order valence-corrected chi connectivity index (χ4v) is 3.39. The van der Waals surface area contributed by atoms with Crippen LogP contribution in [-0.4, -0.2) is 52.1 Å². The third-order valence-electron chi connectivity index (χ3n) is 4.62. The van der Waals surface area contributed by atoms with E-state index in [2.05, 4.69) is 10.1 Å². The molecule has 2 unspecified atom stereocenters. The summed E-state index contributed by atoms with van der Waals surface area (Å²) in [6.45, 7) is 2.60. The first-order valence-electron chi connectivity index (χ1n) is 8.85. The molecular formula is C18H20F3N3O4. The number of amides is 1. The van der Waals surface area contributed by atoms with Crippen molar-refractivity contribution < 1.29 is 32.3 Å². The number of alkyl halides is 3. The molecule has 1 amide bonds. The highest BCUT2D eigenvalue weighted by molar-refractivity contribution is 5.65. The Morgan fingerprint density at radius 2 is 1.96 bits per heavy atom. The van der Waals surface area contributed by atoms with E-state index in [0.29, 0.717) is 13.0 Å². The number of hydrogen-bond acceptors (Lipinski definition) is 5. The summed E-state index contributed by atoms with van der Waals surface area (Å²) in [5.41, 5.74) is 0.934. The topological polar surface area (TPSA) is 88.7 Å². The van der Waals surface area contributed by atoms with Crippen molar-refractivity contribution in [1.29, 1.82) is 0 Å². The molecule has 1 aliphatic rings. The van der Waals surface area contributed by atoms with Crippen LogP contribution >= 0.6 is 0 Å². The zero-order chi connectivity index (χ0) is 20.3. The average Bonchev–Trinajstić information content (AvgIpc) is 3.10. The maximum atomic E-state index is 12.5. The molecule has 152 valence electrons. The molecule has 1 aromatic heterocycles. The summed E-state index contributed by atoms with van der Waals surface area (Å²) in [5.74, 6) is -0.239. The number of carboxylic acid groups (broad SMARTS) is 1. The van der Waals surface area contributed by atoms with E-state index < -0.39 is 18.7 Å². The minimum absolute atomic E-state index is 0.0954. The van der Waals surface area contributed by atoms with E-state index in [1.165, 1.54) is 17.0 Å². The lowest BCUT2D eigenvalue weighted by molar-refractivity contribution is -0.127. The van der Waals surface area contributed by atoms with Crippen molar-refractivity contribution in [2.24, 2.45) is 0 Å². The summed E-state index contributed by atoms with van der Waals surface area (Å²) in [7, 11) is 0. The Kier molecular flexibility index (Phi) is 5.76. The van der Waals surface area contributed by atoms with Crippen LogP contribution in [0.4, 0.5) is 18.0 Å². The van der Waals surface area contributed by atoms with Crippen LogP contribution in [0.3, 0.4) is 0 Å². The Hall–Kier alpha value is -2.78. The van der Waals surface area contributed by atoms with Crippen LogP contribution in [0, 0.1) is 0 Å². The molecule has 0 radical (unpaired) electrons. The molecule has 2 atom stereocenters. The van der Waals surface area contributed by atoms with Gasteiger partial charge in [-0.1, -0.05) is 24.3 Å². The van der Waals surface area contributed by atoms with E-state index >= 15 is 0 Å². The average molecular weight is 399 g/mol. The van der Waals surface area contributed by atoms with Gasteiger partial charge in [-0.2, -0.15) is 18.2 Å². The van der Waals surface area contributed by atoms with Gasteiger partial charge in [-0.15, -0.1) is 0 Å². The maximum absolute atomic E-state index is 12.5.